The molecule has 10 heteroatoms. The predicted octanol–water partition coefficient (Wildman–Crippen LogP) is 0.452. The largest absolute Gasteiger partial charge is 0.444 e. The highest BCUT2D eigenvalue weighted by atomic mass is 16.6. The van der Waals surface area contributed by atoms with Crippen molar-refractivity contribution in [2.24, 2.45) is 17.6 Å². The van der Waals surface area contributed by atoms with Crippen LogP contribution in [0.15, 0.2) is 0 Å². The fraction of sp³-hybridized carbons (Fsp3) is 0.818. The highest BCUT2D eigenvalue weighted by Gasteiger charge is 2.35. The number of primary amides is 1. The number of nitrogens with zero attached hydrogens (tertiary/aromatic N) is 2. The van der Waals surface area contributed by atoms with Crippen LogP contribution in [0, 0.1) is 11.8 Å². The van der Waals surface area contributed by atoms with E-state index in [1.807, 2.05) is 11.8 Å². The number of likely N-dealkylation sites (tertiary alicyclic amines) is 2. The van der Waals surface area contributed by atoms with E-state index >= 15 is 0 Å². The molecule has 0 bridgehead atoms. The SMILES string of the molecule is CC(C(=O)N1CCCC(C(N)=O)C1)N1CCCC(C(=O)NCCNC(=O)OC(C)(C)C)C1. The minimum Gasteiger partial charge on any atom is -0.444 e. The fourth-order valence-corrected chi connectivity index (χ4v) is 4.21. The third-order valence-corrected chi connectivity index (χ3v) is 5.96. The van der Waals surface area contributed by atoms with Crippen molar-refractivity contribution in [1.29, 1.82) is 0 Å². The number of nitrogens with two attached hydrogens (primary N) is 1. The number of amides is 4. The second-order valence-corrected chi connectivity index (χ2v) is 9.76. The molecular weight excluding hydrogens is 414 g/mol. The molecule has 0 aromatic heterocycles. The molecular formula is C22H39N5O5. The molecule has 0 aromatic rings. The molecule has 0 saturated carbocycles. The van der Waals surface area contributed by atoms with E-state index in [1.54, 1.807) is 25.7 Å². The zero-order chi connectivity index (χ0) is 23.9. The van der Waals surface area contributed by atoms with Gasteiger partial charge in [0.2, 0.25) is 17.7 Å². The molecule has 182 valence electrons. The third kappa shape index (κ3) is 7.96. The van der Waals surface area contributed by atoms with Crippen molar-refractivity contribution in [3.8, 4) is 0 Å². The van der Waals surface area contributed by atoms with Crippen LogP contribution in [0.3, 0.4) is 0 Å². The maximum absolute atomic E-state index is 13.0. The van der Waals surface area contributed by atoms with Crippen molar-refractivity contribution in [1.82, 2.24) is 20.4 Å². The number of alkyl carbamates (subject to hydrolysis) is 1. The van der Waals surface area contributed by atoms with Crippen molar-refractivity contribution in [3.05, 3.63) is 0 Å². The average molecular weight is 454 g/mol. The molecule has 0 aromatic carbocycles. The third-order valence-electron chi connectivity index (χ3n) is 5.96. The van der Waals surface area contributed by atoms with Gasteiger partial charge in [-0.2, -0.15) is 0 Å². The van der Waals surface area contributed by atoms with Gasteiger partial charge in [-0.3, -0.25) is 19.3 Å². The van der Waals surface area contributed by atoms with Crippen molar-refractivity contribution in [2.75, 3.05) is 39.3 Å². The van der Waals surface area contributed by atoms with Crippen LogP contribution in [0.1, 0.15) is 53.4 Å². The molecule has 0 aliphatic carbocycles. The van der Waals surface area contributed by atoms with Crippen LogP contribution < -0.4 is 16.4 Å². The molecule has 2 aliphatic heterocycles. The van der Waals surface area contributed by atoms with Gasteiger partial charge in [0, 0.05) is 32.7 Å². The summed E-state index contributed by atoms with van der Waals surface area (Å²) >= 11 is 0. The number of nitrogens with one attached hydrogen (secondary N) is 2. The molecule has 2 fully saturated rings. The van der Waals surface area contributed by atoms with Gasteiger partial charge in [-0.25, -0.2) is 4.79 Å². The van der Waals surface area contributed by atoms with Gasteiger partial charge in [-0.1, -0.05) is 0 Å². The first-order valence-electron chi connectivity index (χ1n) is 11.5. The highest BCUT2D eigenvalue weighted by Crippen LogP contribution is 2.22. The Bertz CT molecular complexity index is 693. The molecule has 2 heterocycles. The lowest BCUT2D eigenvalue weighted by Crippen LogP contribution is -2.54. The van der Waals surface area contributed by atoms with E-state index in [9.17, 15) is 19.2 Å². The maximum Gasteiger partial charge on any atom is 0.407 e. The summed E-state index contributed by atoms with van der Waals surface area (Å²) in [6.45, 7) is 10.1. The minimum absolute atomic E-state index is 0.0152. The van der Waals surface area contributed by atoms with E-state index < -0.39 is 11.7 Å². The maximum atomic E-state index is 13.0. The minimum atomic E-state index is -0.567. The van der Waals surface area contributed by atoms with Crippen LogP contribution in [0.2, 0.25) is 0 Å². The number of hydrogen-bond donors (Lipinski definition) is 3. The summed E-state index contributed by atoms with van der Waals surface area (Å²) in [4.78, 5) is 52.6. The fourth-order valence-electron chi connectivity index (χ4n) is 4.21. The van der Waals surface area contributed by atoms with Gasteiger partial charge >= 0.3 is 6.09 Å². The topological polar surface area (TPSA) is 134 Å². The lowest BCUT2D eigenvalue weighted by Gasteiger charge is -2.39. The monoisotopic (exact) mass is 453 g/mol. The second kappa shape index (κ2) is 11.5. The Labute approximate surface area is 190 Å². The number of rotatable bonds is 7. The van der Waals surface area contributed by atoms with Crippen LogP contribution >= 0.6 is 0 Å². The van der Waals surface area contributed by atoms with Gasteiger partial charge < -0.3 is 26.0 Å². The first kappa shape index (κ1) is 25.9. The number of hydrogen-bond acceptors (Lipinski definition) is 6. The molecule has 2 saturated heterocycles. The quantitative estimate of drug-likeness (QED) is 0.479. The van der Waals surface area contributed by atoms with Crippen LogP contribution in [0.5, 0.6) is 0 Å². The van der Waals surface area contributed by atoms with Crippen LogP contribution in [-0.2, 0) is 19.1 Å². The van der Waals surface area contributed by atoms with Crippen molar-refractivity contribution in [2.45, 2.75) is 65.0 Å². The lowest BCUT2D eigenvalue weighted by molar-refractivity contribution is -0.141. The summed E-state index contributed by atoms with van der Waals surface area (Å²) in [6.07, 6.45) is 2.57. The number of carbonyl (C=O) groups is 4. The molecule has 2 aliphatic rings. The summed E-state index contributed by atoms with van der Waals surface area (Å²) < 4.78 is 5.16. The smallest absolute Gasteiger partial charge is 0.407 e. The van der Waals surface area contributed by atoms with Crippen LogP contribution in [0.25, 0.3) is 0 Å². The standard InChI is InChI=1S/C22H39N5O5/c1-15(20(30)27-12-5-7-16(13-27)18(23)28)26-11-6-8-17(14-26)19(29)24-9-10-25-21(31)32-22(2,3)4/h15-17H,5-14H2,1-4H3,(H2,23,28)(H,24,29)(H,25,31). The molecule has 0 radical (unpaired) electrons. The van der Waals surface area contributed by atoms with Gasteiger partial charge in [-0.05, 0) is 59.9 Å². The van der Waals surface area contributed by atoms with E-state index in [4.69, 9.17) is 10.5 Å². The second-order valence-electron chi connectivity index (χ2n) is 9.76. The lowest BCUT2D eigenvalue weighted by atomic mass is 9.94. The Hall–Kier alpha value is -2.36. The first-order valence-corrected chi connectivity index (χ1v) is 11.5. The van der Waals surface area contributed by atoms with Gasteiger partial charge in [-0.15, -0.1) is 0 Å². The van der Waals surface area contributed by atoms with E-state index in [1.165, 1.54) is 0 Å². The van der Waals surface area contributed by atoms with E-state index in [-0.39, 0.29) is 42.1 Å². The van der Waals surface area contributed by atoms with Gasteiger partial charge in [0.1, 0.15) is 5.60 Å². The van der Waals surface area contributed by atoms with Gasteiger partial charge in [0.05, 0.1) is 17.9 Å². The molecule has 4 amide bonds. The number of ether oxygens (including phenoxy) is 1. The Morgan fingerprint density at radius 1 is 1.00 bits per heavy atom. The normalized spacial score (nSPS) is 23.2. The van der Waals surface area contributed by atoms with Crippen LogP contribution in [-0.4, -0.2) is 84.5 Å². The summed E-state index contributed by atoms with van der Waals surface area (Å²) in [7, 11) is 0. The van der Waals surface area contributed by atoms with Crippen molar-refractivity contribution in [3.63, 3.8) is 0 Å². The highest BCUT2D eigenvalue weighted by molar-refractivity contribution is 5.84. The van der Waals surface area contributed by atoms with Crippen LogP contribution in [0.4, 0.5) is 4.79 Å². The Morgan fingerprint density at radius 3 is 2.28 bits per heavy atom. The van der Waals surface area contributed by atoms with Crippen molar-refractivity contribution >= 4 is 23.8 Å². The van der Waals surface area contributed by atoms with E-state index in [2.05, 4.69) is 10.6 Å². The Kier molecular flexibility index (Phi) is 9.30. The zero-order valence-corrected chi connectivity index (χ0v) is 19.8. The Balaban J connectivity index is 1.78. The predicted molar refractivity (Wildman–Crippen MR) is 120 cm³/mol. The molecule has 32 heavy (non-hydrogen) atoms. The molecule has 3 atom stereocenters. The molecule has 10 nitrogen and oxygen atoms in total. The zero-order valence-electron chi connectivity index (χ0n) is 19.8. The first-order chi connectivity index (χ1) is 15.0. The number of carbonyl (C=O) groups excluding carboxylic acids is 4. The number of piperidine rings is 2. The molecule has 3 unspecified atom stereocenters. The molecule has 0 spiro atoms. The molecule has 4 N–H and O–H groups in total. The van der Waals surface area contributed by atoms with E-state index in [0.717, 1.165) is 32.2 Å². The summed E-state index contributed by atoms with van der Waals surface area (Å²) in [5.74, 6) is -0.939. The van der Waals surface area contributed by atoms with Crippen molar-refractivity contribution < 1.29 is 23.9 Å². The molecule has 2 rings (SSSR count). The summed E-state index contributed by atoms with van der Waals surface area (Å²) in [5.41, 5.74) is 4.86. The van der Waals surface area contributed by atoms with E-state index in [0.29, 0.717) is 26.2 Å². The summed E-state index contributed by atoms with van der Waals surface area (Å²) in [5, 5.41) is 5.48. The van der Waals surface area contributed by atoms with Gasteiger partial charge in [0.15, 0.2) is 0 Å². The Morgan fingerprint density at radius 2 is 1.62 bits per heavy atom. The average Bonchev–Trinajstić information content (AvgIpc) is 2.74. The van der Waals surface area contributed by atoms with Gasteiger partial charge in [0.25, 0.3) is 0 Å². The summed E-state index contributed by atoms with van der Waals surface area (Å²) in [6, 6.07) is -0.355.